The molecule has 0 N–H and O–H groups in total. The highest BCUT2D eigenvalue weighted by molar-refractivity contribution is 7.14. The third-order valence-electron chi connectivity index (χ3n) is 3.40. The van der Waals surface area contributed by atoms with Gasteiger partial charge in [0, 0.05) is 28.9 Å². The SMILES string of the molecule is C=CCN(C(=O)C=Cc1csc(C)n1)c1nc(-c2ccccc2)cs1. The number of anilines is 1. The summed E-state index contributed by atoms with van der Waals surface area (Å²) in [5, 5.41) is 5.51. The van der Waals surface area contributed by atoms with Crippen molar-refractivity contribution >= 4 is 39.8 Å². The Bertz CT molecular complexity index is 896. The lowest BCUT2D eigenvalue weighted by Gasteiger charge is -2.15. The molecule has 3 aromatic rings. The average molecular weight is 367 g/mol. The van der Waals surface area contributed by atoms with Gasteiger partial charge in [-0.15, -0.1) is 29.3 Å². The Morgan fingerprint density at radius 1 is 1.20 bits per heavy atom. The number of benzene rings is 1. The Labute approximate surface area is 154 Å². The van der Waals surface area contributed by atoms with E-state index in [4.69, 9.17) is 0 Å². The van der Waals surface area contributed by atoms with Gasteiger partial charge < -0.3 is 0 Å². The Balaban J connectivity index is 1.81. The van der Waals surface area contributed by atoms with Crippen LogP contribution in [0.15, 0.2) is 59.8 Å². The molecule has 3 rings (SSSR count). The lowest BCUT2D eigenvalue weighted by Crippen LogP contribution is -2.29. The van der Waals surface area contributed by atoms with E-state index in [1.54, 1.807) is 28.4 Å². The first-order valence-corrected chi connectivity index (χ1v) is 9.47. The first-order valence-electron chi connectivity index (χ1n) is 7.71. The summed E-state index contributed by atoms with van der Waals surface area (Å²) < 4.78 is 0. The van der Waals surface area contributed by atoms with E-state index < -0.39 is 0 Å². The number of nitrogens with zero attached hydrogens (tertiary/aromatic N) is 3. The van der Waals surface area contributed by atoms with E-state index in [1.165, 1.54) is 17.4 Å². The van der Waals surface area contributed by atoms with Crippen LogP contribution < -0.4 is 4.90 Å². The fourth-order valence-electron chi connectivity index (χ4n) is 2.22. The molecule has 0 bridgehead atoms. The maximum absolute atomic E-state index is 12.6. The van der Waals surface area contributed by atoms with E-state index in [2.05, 4.69) is 16.5 Å². The lowest BCUT2D eigenvalue weighted by molar-refractivity contribution is -0.114. The molecule has 2 heterocycles. The summed E-state index contributed by atoms with van der Waals surface area (Å²) in [5.41, 5.74) is 2.68. The molecule has 0 aliphatic carbocycles. The minimum absolute atomic E-state index is 0.139. The second-order valence-electron chi connectivity index (χ2n) is 5.24. The summed E-state index contributed by atoms with van der Waals surface area (Å²) in [6.07, 6.45) is 4.96. The van der Waals surface area contributed by atoms with Crippen molar-refractivity contribution in [3.63, 3.8) is 0 Å². The quantitative estimate of drug-likeness (QED) is 0.464. The second kappa shape index (κ2) is 8.00. The summed E-state index contributed by atoms with van der Waals surface area (Å²) in [4.78, 5) is 23.1. The van der Waals surface area contributed by atoms with Crippen molar-refractivity contribution in [3.05, 3.63) is 70.5 Å². The lowest BCUT2D eigenvalue weighted by atomic mass is 10.2. The van der Waals surface area contributed by atoms with Crippen LogP contribution in [-0.2, 0) is 4.79 Å². The van der Waals surface area contributed by atoms with Crippen LogP contribution in [0.2, 0.25) is 0 Å². The smallest absolute Gasteiger partial charge is 0.253 e. The van der Waals surface area contributed by atoms with Crippen molar-refractivity contribution in [2.45, 2.75) is 6.92 Å². The third kappa shape index (κ3) is 4.29. The van der Waals surface area contributed by atoms with Gasteiger partial charge in [-0.05, 0) is 13.0 Å². The second-order valence-corrected chi connectivity index (χ2v) is 7.14. The molecule has 0 unspecified atom stereocenters. The highest BCUT2D eigenvalue weighted by Crippen LogP contribution is 2.27. The van der Waals surface area contributed by atoms with Crippen LogP contribution >= 0.6 is 22.7 Å². The maximum atomic E-state index is 12.6. The topological polar surface area (TPSA) is 46.1 Å². The van der Waals surface area contributed by atoms with Gasteiger partial charge >= 0.3 is 0 Å². The number of carbonyl (C=O) groups excluding carboxylic acids is 1. The van der Waals surface area contributed by atoms with E-state index >= 15 is 0 Å². The fourth-order valence-corrected chi connectivity index (χ4v) is 3.65. The number of thiazole rings is 2. The van der Waals surface area contributed by atoms with Gasteiger partial charge in [-0.25, -0.2) is 9.97 Å². The summed E-state index contributed by atoms with van der Waals surface area (Å²) in [6, 6.07) is 9.92. The first kappa shape index (κ1) is 17.3. The molecule has 126 valence electrons. The van der Waals surface area contributed by atoms with Crippen molar-refractivity contribution in [3.8, 4) is 11.3 Å². The molecule has 1 amide bonds. The Morgan fingerprint density at radius 2 is 2.00 bits per heavy atom. The number of amides is 1. The number of hydrogen-bond acceptors (Lipinski definition) is 5. The molecular weight excluding hydrogens is 350 g/mol. The molecule has 0 saturated carbocycles. The van der Waals surface area contributed by atoms with Crippen LogP contribution in [0.4, 0.5) is 5.13 Å². The van der Waals surface area contributed by atoms with Crippen LogP contribution in [0, 0.1) is 6.92 Å². The molecule has 0 aliphatic rings. The van der Waals surface area contributed by atoms with Crippen molar-refractivity contribution in [1.29, 1.82) is 0 Å². The standard InChI is InChI=1S/C19H17N3OS2/c1-3-11-22(18(23)10-9-16-12-24-14(2)20-16)19-21-17(13-25-19)15-7-5-4-6-8-15/h3-10,12-13H,1,11H2,2H3. The van der Waals surface area contributed by atoms with E-state index in [0.29, 0.717) is 11.7 Å². The van der Waals surface area contributed by atoms with Crippen molar-refractivity contribution in [1.82, 2.24) is 9.97 Å². The van der Waals surface area contributed by atoms with Crippen LogP contribution in [0.1, 0.15) is 10.7 Å². The van der Waals surface area contributed by atoms with Crippen LogP contribution in [0.3, 0.4) is 0 Å². The normalized spacial score (nSPS) is 10.9. The number of hydrogen-bond donors (Lipinski definition) is 0. The molecule has 25 heavy (non-hydrogen) atoms. The molecule has 0 spiro atoms. The van der Waals surface area contributed by atoms with Gasteiger partial charge in [-0.3, -0.25) is 9.69 Å². The highest BCUT2D eigenvalue weighted by atomic mass is 32.1. The average Bonchev–Trinajstić information content (AvgIpc) is 3.27. The van der Waals surface area contributed by atoms with Crippen molar-refractivity contribution in [2.75, 3.05) is 11.4 Å². The number of aryl methyl sites for hydroxylation is 1. The van der Waals surface area contributed by atoms with Gasteiger partial charge in [0.2, 0.25) is 0 Å². The van der Waals surface area contributed by atoms with Gasteiger partial charge in [-0.1, -0.05) is 36.4 Å². The first-order chi connectivity index (χ1) is 12.2. The van der Waals surface area contributed by atoms with Gasteiger partial charge in [0.1, 0.15) is 0 Å². The predicted octanol–water partition coefficient (Wildman–Crippen LogP) is 4.81. The van der Waals surface area contributed by atoms with E-state index in [0.717, 1.165) is 22.0 Å². The molecule has 0 fully saturated rings. The Kier molecular flexibility index (Phi) is 5.53. The molecule has 1 aromatic carbocycles. The molecule has 6 heteroatoms. The van der Waals surface area contributed by atoms with E-state index in [9.17, 15) is 4.79 Å². The molecule has 0 saturated heterocycles. The Hall–Kier alpha value is -2.57. The summed E-state index contributed by atoms with van der Waals surface area (Å²) >= 11 is 3.00. The summed E-state index contributed by atoms with van der Waals surface area (Å²) in [6.45, 7) is 6.09. The van der Waals surface area contributed by atoms with Gasteiger partial charge in [0.25, 0.3) is 5.91 Å². The van der Waals surface area contributed by atoms with Gasteiger partial charge in [-0.2, -0.15) is 0 Å². The minimum atomic E-state index is -0.139. The maximum Gasteiger partial charge on any atom is 0.253 e. The summed E-state index contributed by atoms with van der Waals surface area (Å²) in [7, 11) is 0. The largest absolute Gasteiger partial charge is 0.281 e. The van der Waals surface area contributed by atoms with Crippen LogP contribution in [-0.4, -0.2) is 22.4 Å². The zero-order chi connectivity index (χ0) is 17.6. The molecule has 4 nitrogen and oxygen atoms in total. The van der Waals surface area contributed by atoms with Crippen molar-refractivity contribution < 1.29 is 4.79 Å². The molecule has 0 aliphatic heterocycles. The highest BCUT2D eigenvalue weighted by Gasteiger charge is 2.16. The molecule has 2 aromatic heterocycles. The van der Waals surface area contributed by atoms with Gasteiger partial charge in [0.05, 0.1) is 16.4 Å². The van der Waals surface area contributed by atoms with Crippen LogP contribution in [0.5, 0.6) is 0 Å². The van der Waals surface area contributed by atoms with E-state index in [1.807, 2.05) is 48.0 Å². The predicted molar refractivity (Wildman–Crippen MR) is 106 cm³/mol. The van der Waals surface area contributed by atoms with Gasteiger partial charge in [0.15, 0.2) is 5.13 Å². The number of aromatic nitrogens is 2. The number of carbonyl (C=O) groups is 1. The minimum Gasteiger partial charge on any atom is -0.281 e. The monoisotopic (exact) mass is 367 g/mol. The summed E-state index contributed by atoms with van der Waals surface area (Å²) in [5.74, 6) is -0.139. The third-order valence-corrected chi connectivity index (χ3v) is 5.06. The number of rotatable bonds is 6. The van der Waals surface area contributed by atoms with Crippen molar-refractivity contribution in [2.24, 2.45) is 0 Å². The Morgan fingerprint density at radius 3 is 2.68 bits per heavy atom. The molecule has 0 atom stereocenters. The van der Waals surface area contributed by atoms with Crippen LogP contribution in [0.25, 0.3) is 17.3 Å². The molecular formula is C19H17N3OS2. The zero-order valence-electron chi connectivity index (χ0n) is 13.8. The molecule has 0 radical (unpaired) electrons. The zero-order valence-corrected chi connectivity index (χ0v) is 15.4. The fraction of sp³-hybridized carbons (Fsp3) is 0.105. The van der Waals surface area contributed by atoms with E-state index in [-0.39, 0.29) is 5.91 Å².